The lowest BCUT2D eigenvalue weighted by Crippen LogP contribution is -1.86. The van der Waals surface area contributed by atoms with E-state index in [9.17, 15) is 10.1 Å². The van der Waals surface area contributed by atoms with Crippen LogP contribution in [-0.2, 0) is 0 Å². The molecule has 0 aliphatic rings. The molecule has 0 atom stereocenters. The summed E-state index contributed by atoms with van der Waals surface area (Å²) >= 11 is 1.15. The Labute approximate surface area is 71.8 Å². The van der Waals surface area contributed by atoms with Crippen molar-refractivity contribution in [3.63, 3.8) is 0 Å². The lowest BCUT2D eigenvalue weighted by molar-refractivity contribution is -0.382. The van der Waals surface area contributed by atoms with Crippen LogP contribution in [0.4, 0.5) is 5.69 Å². The molecule has 0 saturated carbocycles. The van der Waals surface area contributed by atoms with Gasteiger partial charge in [-0.15, -0.1) is 0 Å². The molecule has 2 aromatic rings. The number of aromatic nitrogens is 1. The predicted octanol–water partition coefficient (Wildman–Crippen LogP) is 2.20. The van der Waals surface area contributed by atoms with Crippen LogP contribution < -0.4 is 0 Å². The Hall–Kier alpha value is -1.49. The van der Waals surface area contributed by atoms with Gasteiger partial charge in [-0.05, 0) is 11.5 Å². The van der Waals surface area contributed by atoms with Gasteiger partial charge in [0, 0.05) is 17.6 Å². The normalized spacial score (nSPS) is 10.3. The molecule has 0 bridgehead atoms. The van der Waals surface area contributed by atoms with Crippen LogP contribution in [0.1, 0.15) is 0 Å². The minimum Gasteiger partial charge on any atom is -0.258 e. The zero-order valence-electron chi connectivity index (χ0n) is 5.93. The molecule has 0 aliphatic heterocycles. The molecule has 12 heavy (non-hydrogen) atoms. The number of hydrogen-bond acceptors (Lipinski definition) is 4. The SMILES string of the molecule is O=[N+]([O-])c1cccc2cnsc12. The number of fused-ring (bicyclic) bond motifs is 1. The minimum atomic E-state index is -0.388. The van der Waals surface area contributed by atoms with E-state index in [0.29, 0.717) is 4.70 Å². The van der Waals surface area contributed by atoms with E-state index in [1.165, 1.54) is 6.07 Å². The Balaban J connectivity index is 2.82. The van der Waals surface area contributed by atoms with Gasteiger partial charge >= 0.3 is 0 Å². The van der Waals surface area contributed by atoms with E-state index in [1.54, 1.807) is 12.3 Å². The number of benzene rings is 1. The number of nitro benzene ring substituents is 1. The molecular formula is C7H4N2O2S. The highest BCUT2D eigenvalue weighted by atomic mass is 32.1. The van der Waals surface area contributed by atoms with Gasteiger partial charge in [-0.3, -0.25) is 10.1 Å². The molecule has 0 amide bonds. The van der Waals surface area contributed by atoms with Crippen molar-refractivity contribution in [2.45, 2.75) is 0 Å². The largest absolute Gasteiger partial charge is 0.288 e. The van der Waals surface area contributed by atoms with Gasteiger partial charge in [0.25, 0.3) is 5.69 Å². The summed E-state index contributed by atoms with van der Waals surface area (Å²) < 4.78 is 4.52. The molecule has 0 fully saturated rings. The first-order valence-electron chi connectivity index (χ1n) is 3.27. The molecule has 5 heteroatoms. The van der Waals surface area contributed by atoms with E-state index in [0.717, 1.165) is 16.9 Å². The van der Waals surface area contributed by atoms with Crippen molar-refractivity contribution in [3.05, 3.63) is 34.5 Å². The molecule has 1 aromatic carbocycles. The van der Waals surface area contributed by atoms with E-state index in [2.05, 4.69) is 4.37 Å². The van der Waals surface area contributed by atoms with Crippen molar-refractivity contribution in [2.24, 2.45) is 0 Å². The zero-order chi connectivity index (χ0) is 8.55. The van der Waals surface area contributed by atoms with Gasteiger partial charge in [0.15, 0.2) is 0 Å². The molecule has 0 aliphatic carbocycles. The third-order valence-corrected chi connectivity index (χ3v) is 2.40. The molecule has 0 unspecified atom stereocenters. The highest BCUT2D eigenvalue weighted by molar-refractivity contribution is 7.13. The monoisotopic (exact) mass is 180 g/mol. The van der Waals surface area contributed by atoms with Gasteiger partial charge in [0.2, 0.25) is 0 Å². The summed E-state index contributed by atoms with van der Waals surface area (Å²) in [6, 6.07) is 4.96. The molecule has 0 radical (unpaired) electrons. The molecular weight excluding hydrogens is 176 g/mol. The third kappa shape index (κ3) is 0.947. The maximum Gasteiger partial charge on any atom is 0.288 e. The summed E-state index contributed by atoms with van der Waals surface area (Å²) in [7, 11) is 0. The van der Waals surface area contributed by atoms with Crippen LogP contribution in [0.2, 0.25) is 0 Å². The van der Waals surface area contributed by atoms with Gasteiger partial charge in [0.1, 0.15) is 4.70 Å². The van der Waals surface area contributed by atoms with Crippen LogP contribution in [0.15, 0.2) is 24.4 Å². The minimum absolute atomic E-state index is 0.134. The lowest BCUT2D eigenvalue weighted by Gasteiger charge is -1.90. The van der Waals surface area contributed by atoms with E-state index in [1.807, 2.05) is 6.07 Å². The molecule has 0 saturated heterocycles. The fourth-order valence-corrected chi connectivity index (χ4v) is 1.76. The van der Waals surface area contributed by atoms with Gasteiger partial charge < -0.3 is 0 Å². The van der Waals surface area contributed by atoms with Crippen LogP contribution in [-0.4, -0.2) is 9.30 Å². The fraction of sp³-hybridized carbons (Fsp3) is 0. The van der Waals surface area contributed by atoms with Crippen LogP contribution >= 0.6 is 11.5 Å². The van der Waals surface area contributed by atoms with Crippen molar-refractivity contribution in [3.8, 4) is 0 Å². The van der Waals surface area contributed by atoms with Crippen molar-refractivity contribution >= 4 is 27.3 Å². The summed E-state index contributed by atoms with van der Waals surface area (Å²) in [6.45, 7) is 0. The summed E-state index contributed by atoms with van der Waals surface area (Å²) in [4.78, 5) is 10.1. The van der Waals surface area contributed by atoms with Crippen LogP contribution in [0.5, 0.6) is 0 Å². The second-order valence-electron chi connectivity index (χ2n) is 2.28. The number of nitrogens with zero attached hydrogens (tertiary/aromatic N) is 2. The molecule has 0 spiro atoms. The second kappa shape index (κ2) is 2.53. The molecule has 60 valence electrons. The van der Waals surface area contributed by atoms with Crippen molar-refractivity contribution in [1.82, 2.24) is 4.37 Å². The Morgan fingerprint density at radius 2 is 2.33 bits per heavy atom. The average molecular weight is 180 g/mol. The zero-order valence-corrected chi connectivity index (χ0v) is 6.75. The summed E-state index contributed by atoms with van der Waals surface area (Å²) in [5.41, 5.74) is 0.134. The topological polar surface area (TPSA) is 56.0 Å². The molecule has 1 aromatic heterocycles. The Bertz CT molecular complexity index is 438. The number of nitro groups is 1. The highest BCUT2D eigenvalue weighted by Gasteiger charge is 2.11. The molecule has 0 N–H and O–H groups in total. The third-order valence-electron chi connectivity index (χ3n) is 1.56. The summed E-state index contributed by atoms with van der Waals surface area (Å²) in [5, 5.41) is 11.3. The maximum absolute atomic E-state index is 10.5. The number of non-ortho nitro benzene ring substituents is 1. The van der Waals surface area contributed by atoms with Crippen LogP contribution in [0.25, 0.3) is 10.1 Å². The van der Waals surface area contributed by atoms with Gasteiger partial charge in [-0.1, -0.05) is 12.1 Å². The van der Waals surface area contributed by atoms with Crippen LogP contribution in [0, 0.1) is 10.1 Å². The van der Waals surface area contributed by atoms with Gasteiger partial charge in [0.05, 0.1) is 4.92 Å². The van der Waals surface area contributed by atoms with Gasteiger partial charge in [-0.25, -0.2) is 0 Å². The number of hydrogen-bond donors (Lipinski definition) is 0. The first kappa shape index (κ1) is 7.17. The lowest BCUT2D eigenvalue weighted by atomic mass is 10.2. The standard InChI is InChI=1S/C7H4N2O2S/c10-9(11)6-3-1-2-5-4-8-12-7(5)6/h1-4H. The Kier molecular flexibility index (Phi) is 1.51. The highest BCUT2D eigenvalue weighted by Crippen LogP contribution is 2.27. The van der Waals surface area contributed by atoms with E-state index in [4.69, 9.17) is 0 Å². The van der Waals surface area contributed by atoms with Crippen molar-refractivity contribution in [2.75, 3.05) is 0 Å². The second-order valence-corrected chi connectivity index (χ2v) is 3.08. The summed E-state index contributed by atoms with van der Waals surface area (Å²) in [6.07, 6.45) is 1.63. The predicted molar refractivity (Wildman–Crippen MR) is 46.3 cm³/mol. The average Bonchev–Trinajstić information content (AvgIpc) is 2.49. The maximum atomic E-state index is 10.5. The quantitative estimate of drug-likeness (QED) is 0.499. The van der Waals surface area contributed by atoms with E-state index >= 15 is 0 Å². The number of rotatable bonds is 1. The van der Waals surface area contributed by atoms with E-state index in [-0.39, 0.29) is 10.6 Å². The fourth-order valence-electron chi connectivity index (χ4n) is 1.02. The molecule has 4 nitrogen and oxygen atoms in total. The molecule has 2 rings (SSSR count). The van der Waals surface area contributed by atoms with Gasteiger partial charge in [-0.2, -0.15) is 4.37 Å². The Morgan fingerprint density at radius 1 is 1.50 bits per heavy atom. The Morgan fingerprint density at radius 3 is 3.08 bits per heavy atom. The first-order chi connectivity index (χ1) is 5.79. The van der Waals surface area contributed by atoms with Crippen molar-refractivity contribution in [1.29, 1.82) is 0 Å². The van der Waals surface area contributed by atoms with E-state index < -0.39 is 0 Å². The smallest absolute Gasteiger partial charge is 0.258 e. The summed E-state index contributed by atoms with van der Waals surface area (Å²) in [5.74, 6) is 0. The first-order valence-corrected chi connectivity index (χ1v) is 4.04. The van der Waals surface area contributed by atoms with Crippen molar-refractivity contribution < 1.29 is 4.92 Å². The van der Waals surface area contributed by atoms with Crippen LogP contribution in [0.3, 0.4) is 0 Å². The molecule has 1 heterocycles.